The molecule has 0 saturated heterocycles. The second kappa shape index (κ2) is 8.46. The fraction of sp³-hybridized carbons (Fsp3) is 0.120. The summed E-state index contributed by atoms with van der Waals surface area (Å²) in [4.78, 5) is 27.9. The number of imide groups is 1. The minimum Gasteiger partial charge on any atom is -0.406 e. The summed E-state index contributed by atoms with van der Waals surface area (Å²) in [5, 5.41) is 2.84. The zero-order chi connectivity index (χ0) is 23.8. The summed E-state index contributed by atoms with van der Waals surface area (Å²) in [6, 6.07) is 19.0. The lowest BCUT2D eigenvalue weighted by molar-refractivity contribution is -0.274. The van der Waals surface area contributed by atoms with Gasteiger partial charge >= 0.3 is 6.36 Å². The summed E-state index contributed by atoms with van der Waals surface area (Å²) in [6.07, 6.45) is -4.85. The molecule has 4 rings (SSSR count). The third-order valence-corrected chi connectivity index (χ3v) is 5.23. The molecule has 0 aliphatic carbocycles. The summed E-state index contributed by atoms with van der Waals surface area (Å²) >= 11 is 0. The molecule has 168 valence electrons. The maximum atomic E-state index is 13.4. The minimum absolute atomic E-state index is 0.0337. The Morgan fingerprint density at radius 1 is 0.818 bits per heavy atom. The highest BCUT2D eigenvalue weighted by molar-refractivity contribution is 6.46. The van der Waals surface area contributed by atoms with Crippen LogP contribution in [0.1, 0.15) is 16.7 Å². The van der Waals surface area contributed by atoms with E-state index >= 15 is 0 Å². The number of halogens is 3. The van der Waals surface area contributed by atoms with Crippen molar-refractivity contribution in [3.8, 4) is 5.75 Å². The van der Waals surface area contributed by atoms with Crippen molar-refractivity contribution >= 4 is 28.8 Å². The molecular weight excluding hydrogens is 433 g/mol. The summed E-state index contributed by atoms with van der Waals surface area (Å²) in [5.74, 6) is -1.58. The zero-order valence-electron chi connectivity index (χ0n) is 17.7. The Balaban J connectivity index is 1.76. The van der Waals surface area contributed by atoms with Gasteiger partial charge in [-0.25, -0.2) is 4.90 Å². The number of ether oxygens (including phenoxy) is 1. The maximum absolute atomic E-state index is 13.4. The van der Waals surface area contributed by atoms with Gasteiger partial charge in [0, 0.05) is 11.8 Å². The third-order valence-electron chi connectivity index (χ3n) is 5.23. The molecule has 1 heterocycles. The van der Waals surface area contributed by atoms with E-state index in [0.717, 1.165) is 28.2 Å². The van der Waals surface area contributed by atoms with Crippen LogP contribution in [0.15, 0.2) is 78.5 Å². The van der Waals surface area contributed by atoms with Crippen LogP contribution >= 0.6 is 0 Å². The fourth-order valence-corrected chi connectivity index (χ4v) is 3.53. The van der Waals surface area contributed by atoms with E-state index in [4.69, 9.17) is 0 Å². The maximum Gasteiger partial charge on any atom is 0.573 e. The van der Waals surface area contributed by atoms with Gasteiger partial charge < -0.3 is 10.1 Å². The predicted octanol–water partition coefficient (Wildman–Crippen LogP) is 5.60. The van der Waals surface area contributed by atoms with Crippen molar-refractivity contribution in [1.29, 1.82) is 0 Å². The van der Waals surface area contributed by atoms with E-state index in [1.165, 1.54) is 12.1 Å². The Labute approximate surface area is 188 Å². The average molecular weight is 452 g/mol. The van der Waals surface area contributed by atoms with Gasteiger partial charge in [-0.05, 0) is 54.8 Å². The first kappa shape index (κ1) is 22.1. The van der Waals surface area contributed by atoms with E-state index in [9.17, 15) is 22.8 Å². The third kappa shape index (κ3) is 4.59. The standard InChI is InChI=1S/C25H19F3N2O3/c1-15-11-12-19(13-16(15)2)30-23(31)21(17-7-4-3-5-8-17)22(24(30)32)29-18-9-6-10-20(14-18)33-25(26,27)28/h3-14,29H,1-2H3. The molecule has 0 atom stereocenters. The van der Waals surface area contributed by atoms with Gasteiger partial charge in [0.1, 0.15) is 11.4 Å². The Kier molecular flexibility index (Phi) is 5.68. The molecule has 8 heteroatoms. The molecule has 1 aliphatic rings. The van der Waals surface area contributed by atoms with Crippen molar-refractivity contribution in [3.63, 3.8) is 0 Å². The Bertz CT molecular complexity index is 1270. The van der Waals surface area contributed by atoms with E-state index < -0.39 is 23.9 Å². The van der Waals surface area contributed by atoms with Crippen molar-refractivity contribution < 1.29 is 27.5 Å². The number of amides is 2. The lowest BCUT2D eigenvalue weighted by atomic mass is 10.0. The summed E-state index contributed by atoms with van der Waals surface area (Å²) in [6.45, 7) is 3.80. The molecule has 0 spiro atoms. The van der Waals surface area contributed by atoms with Gasteiger partial charge in [-0.3, -0.25) is 9.59 Å². The summed E-state index contributed by atoms with van der Waals surface area (Å²) in [7, 11) is 0. The lowest BCUT2D eigenvalue weighted by Gasteiger charge is -2.17. The van der Waals surface area contributed by atoms with Gasteiger partial charge in [-0.2, -0.15) is 0 Å². The number of carbonyl (C=O) groups is 2. The van der Waals surface area contributed by atoms with Gasteiger partial charge in [0.05, 0.1) is 11.3 Å². The quantitative estimate of drug-likeness (QED) is 0.512. The molecule has 2 amide bonds. The molecule has 0 unspecified atom stereocenters. The summed E-state index contributed by atoms with van der Waals surface area (Å²) < 4.78 is 41.8. The first-order chi connectivity index (χ1) is 15.6. The van der Waals surface area contributed by atoms with Gasteiger partial charge in [-0.15, -0.1) is 13.2 Å². The number of hydrogen-bond acceptors (Lipinski definition) is 4. The molecule has 5 nitrogen and oxygen atoms in total. The first-order valence-electron chi connectivity index (χ1n) is 10.0. The van der Waals surface area contributed by atoms with Crippen LogP contribution in [-0.2, 0) is 9.59 Å². The predicted molar refractivity (Wildman–Crippen MR) is 119 cm³/mol. The number of nitrogens with one attached hydrogen (secondary N) is 1. The van der Waals surface area contributed by atoms with Crippen LogP contribution in [0.2, 0.25) is 0 Å². The van der Waals surface area contributed by atoms with Crippen LogP contribution < -0.4 is 15.0 Å². The second-order valence-corrected chi connectivity index (χ2v) is 7.53. The van der Waals surface area contributed by atoms with Crippen LogP contribution in [0.5, 0.6) is 5.75 Å². The van der Waals surface area contributed by atoms with E-state index in [-0.39, 0.29) is 17.0 Å². The highest BCUT2D eigenvalue weighted by Gasteiger charge is 2.40. The Hall–Kier alpha value is -4.07. The highest BCUT2D eigenvalue weighted by atomic mass is 19.4. The highest BCUT2D eigenvalue weighted by Crippen LogP contribution is 2.35. The van der Waals surface area contributed by atoms with Gasteiger partial charge in [0.15, 0.2) is 0 Å². The van der Waals surface area contributed by atoms with Crippen molar-refractivity contribution in [3.05, 3.63) is 95.2 Å². The van der Waals surface area contributed by atoms with E-state index in [1.54, 1.807) is 42.5 Å². The molecule has 1 N–H and O–H groups in total. The molecule has 0 fully saturated rings. The number of aryl methyl sites for hydroxylation is 2. The van der Waals surface area contributed by atoms with Crippen LogP contribution in [0.3, 0.4) is 0 Å². The van der Waals surface area contributed by atoms with Gasteiger partial charge in [0.2, 0.25) is 0 Å². The van der Waals surface area contributed by atoms with Crippen molar-refractivity contribution in [2.45, 2.75) is 20.2 Å². The molecule has 0 radical (unpaired) electrons. The van der Waals surface area contributed by atoms with Crippen molar-refractivity contribution in [2.75, 3.05) is 10.2 Å². The van der Waals surface area contributed by atoms with E-state index in [2.05, 4.69) is 10.1 Å². The number of anilines is 2. The Morgan fingerprint density at radius 3 is 2.21 bits per heavy atom. The zero-order valence-corrected chi connectivity index (χ0v) is 17.7. The molecular formula is C25H19F3N2O3. The van der Waals surface area contributed by atoms with Crippen LogP contribution in [-0.4, -0.2) is 18.2 Å². The largest absolute Gasteiger partial charge is 0.573 e. The van der Waals surface area contributed by atoms with Gasteiger partial charge in [-0.1, -0.05) is 42.5 Å². The molecule has 33 heavy (non-hydrogen) atoms. The summed E-state index contributed by atoms with van der Waals surface area (Å²) in [5.41, 5.74) is 3.10. The SMILES string of the molecule is Cc1ccc(N2C(=O)C(Nc3cccc(OC(F)(F)F)c3)=C(c3ccccc3)C2=O)cc1C. The fourth-order valence-electron chi connectivity index (χ4n) is 3.53. The molecule has 0 saturated carbocycles. The van der Waals surface area contributed by atoms with Crippen LogP contribution in [0.4, 0.5) is 24.5 Å². The van der Waals surface area contributed by atoms with Crippen molar-refractivity contribution in [2.24, 2.45) is 0 Å². The van der Waals surface area contributed by atoms with Gasteiger partial charge in [0.25, 0.3) is 11.8 Å². The van der Waals surface area contributed by atoms with E-state index in [0.29, 0.717) is 11.3 Å². The number of hydrogen-bond donors (Lipinski definition) is 1. The van der Waals surface area contributed by atoms with Crippen LogP contribution in [0.25, 0.3) is 5.57 Å². The molecule has 0 bridgehead atoms. The normalized spacial score (nSPS) is 14.2. The van der Waals surface area contributed by atoms with E-state index in [1.807, 2.05) is 19.9 Å². The lowest BCUT2D eigenvalue weighted by Crippen LogP contribution is -2.32. The van der Waals surface area contributed by atoms with Crippen LogP contribution in [0, 0.1) is 13.8 Å². The monoisotopic (exact) mass is 452 g/mol. The number of rotatable bonds is 5. The molecule has 3 aromatic rings. The Morgan fingerprint density at radius 2 is 1.55 bits per heavy atom. The molecule has 3 aromatic carbocycles. The second-order valence-electron chi connectivity index (χ2n) is 7.53. The van der Waals surface area contributed by atoms with Crippen molar-refractivity contribution in [1.82, 2.24) is 0 Å². The number of carbonyl (C=O) groups excluding carboxylic acids is 2. The molecule has 1 aliphatic heterocycles. The topological polar surface area (TPSA) is 58.6 Å². The minimum atomic E-state index is -4.85. The number of nitrogens with zero attached hydrogens (tertiary/aromatic N) is 1. The number of alkyl halides is 3. The number of benzene rings is 3. The molecule has 0 aromatic heterocycles. The smallest absolute Gasteiger partial charge is 0.406 e. The average Bonchev–Trinajstić information content (AvgIpc) is 2.99. The first-order valence-corrected chi connectivity index (χ1v) is 10.0.